The fraction of sp³-hybridized carbons (Fsp3) is 0.727. The van der Waals surface area contributed by atoms with Crippen molar-refractivity contribution in [3.8, 4) is 0 Å². The second-order valence-electron chi connectivity index (χ2n) is 3.37. The van der Waals surface area contributed by atoms with Crippen LogP contribution in [0.1, 0.15) is 26.1 Å². The van der Waals surface area contributed by atoms with Gasteiger partial charge in [-0.1, -0.05) is 13.8 Å². The fourth-order valence-corrected chi connectivity index (χ4v) is 2.05. The Balaban J connectivity index is 2.29. The molecular weight excluding hydrogens is 206 g/mol. The van der Waals surface area contributed by atoms with Crippen molar-refractivity contribution in [3.63, 3.8) is 0 Å². The van der Waals surface area contributed by atoms with Crippen LogP contribution in [0.4, 0.5) is 0 Å². The third-order valence-electron chi connectivity index (χ3n) is 2.23. The number of hydrogen-bond donors (Lipinski definition) is 1. The summed E-state index contributed by atoms with van der Waals surface area (Å²) >= 11 is 2.00. The normalized spacial score (nSPS) is 10.8. The summed E-state index contributed by atoms with van der Waals surface area (Å²) in [4.78, 5) is 4.35. The zero-order chi connectivity index (χ0) is 10.9. The van der Waals surface area contributed by atoms with Gasteiger partial charge in [0.1, 0.15) is 5.82 Å². The molecule has 0 bridgehead atoms. The minimum Gasteiger partial charge on any atom is -0.334 e. The van der Waals surface area contributed by atoms with Crippen LogP contribution in [0.25, 0.3) is 0 Å². The summed E-state index contributed by atoms with van der Waals surface area (Å²) in [6.45, 7) is 7.29. The van der Waals surface area contributed by atoms with E-state index in [2.05, 4.69) is 34.9 Å². The summed E-state index contributed by atoms with van der Waals surface area (Å²) in [5.74, 6) is 3.61. The zero-order valence-corrected chi connectivity index (χ0v) is 10.5. The molecule has 0 amide bonds. The molecule has 0 aliphatic rings. The molecule has 0 saturated carbocycles. The van der Waals surface area contributed by atoms with E-state index in [0.29, 0.717) is 0 Å². The van der Waals surface area contributed by atoms with Crippen LogP contribution >= 0.6 is 11.8 Å². The van der Waals surface area contributed by atoms with E-state index in [4.69, 9.17) is 0 Å². The van der Waals surface area contributed by atoms with Gasteiger partial charge in [-0.05, 0) is 24.5 Å². The third kappa shape index (κ3) is 4.71. The summed E-state index contributed by atoms with van der Waals surface area (Å²) in [6.07, 6.45) is 5.19. The minimum atomic E-state index is 0.879. The van der Waals surface area contributed by atoms with E-state index in [1.165, 1.54) is 17.9 Å². The SMILES string of the molecule is CCNCc1nccn1CCCSCC. The van der Waals surface area contributed by atoms with Crippen LogP contribution in [0.3, 0.4) is 0 Å². The third-order valence-corrected chi connectivity index (χ3v) is 3.21. The van der Waals surface area contributed by atoms with Gasteiger partial charge in [0.2, 0.25) is 0 Å². The molecule has 4 heteroatoms. The quantitative estimate of drug-likeness (QED) is 0.690. The Bertz CT molecular complexity index is 260. The highest BCUT2D eigenvalue weighted by molar-refractivity contribution is 7.99. The fourth-order valence-electron chi connectivity index (χ4n) is 1.43. The van der Waals surface area contributed by atoms with Gasteiger partial charge in [-0.2, -0.15) is 11.8 Å². The smallest absolute Gasteiger partial charge is 0.122 e. The lowest BCUT2D eigenvalue weighted by Gasteiger charge is -2.07. The van der Waals surface area contributed by atoms with E-state index in [1.54, 1.807) is 0 Å². The maximum absolute atomic E-state index is 4.35. The molecular formula is C11H21N3S. The van der Waals surface area contributed by atoms with Crippen molar-refractivity contribution in [1.82, 2.24) is 14.9 Å². The molecule has 0 aliphatic carbocycles. The number of aryl methyl sites for hydroxylation is 1. The van der Waals surface area contributed by atoms with Crippen LogP contribution in [0.15, 0.2) is 12.4 Å². The Morgan fingerprint density at radius 2 is 2.33 bits per heavy atom. The number of hydrogen-bond acceptors (Lipinski definition) is 3. The van der Waals surface area contributed by atoms with Gasteiger partial charge in [-0.25, -0.2) is 4.98 Å². The van der Waals surface area contributed by atoms with E-state index in [1.807, 2.05) is 18.0 Å². The van der Waals surface area contributed by atoms with Crippen LogP contribution in [0.2, 0.25) is 0 Å². The first kappa shape index (κ1) is 12.6. The Labute approximate surface area is 96.7 Å². The number of aromatic nitrogens is 2. The van der Waals surface area contributed by atoms with Gasteiger partial charge in [0.25, 0.3) is 0 Å². The van der Waals surface area contributed by atoms with Gasteiger partial charge < -0.3 is 9.88 Å². The lowest BCUT2D eigenvalue weighted by Crippen LogP contribution is -2.16. The maximum Gasteiger partial charge on any atom is 0.122 e. The lowest BCUT2D eigenvalue weighted by atomic mass is 10.4. The monoisotopic (exact) mass is 227 g/mol. The average molecular weight is 227 g/mol. The molecule has 1 heterocycles. The standard InChI is InChI=1S/C11H21N3S/c1-3-12-10-11-13-6-8-14(11)7-5-9-15-4-2/h6,8,12H,3-5,7,9-10H2,1-2H3. The van der Waals surface area contributed by atoms with Crippen molar-refractivity contribution >= 4 is 11.8 Å². The molecule has 0 unspecified atom stereocenters. The second-order valence-corrected chi connectivity index (χ2v) is 4.76. The first-order valence-corrected chi connectivity index (χ1v) is 6.82. The average Bonchev–Trinajstić information content (AvgIpc) is 2.69. The molecule has 3 nitrogen and oxygen atoms in total. The highest BCUT2D eigenvalue weighted by Gasteiger charge is 2.00. The van der Waals surface area contributed by atoms with E-state index >= 15 is 0 Å². The number of nitrogens with one attached hydrogen (secondary N) is 1. The van der Waals surface area contributed by atoms with Crippen LogP contribution in [-0.4, -0.2) is 27.6 Å². The van der Waals surface area contributed by atoms with Gasteiger partial charge in [-0.3, -0.25) is 0 Å². The van der Waals surface area contributed by atoms with Crippen molar-refractivity contribution in [2.45, 2.75) is 33.4 Å². The molecule has 0 aliphatic heterocycles. The van der Waals surface area contributed by atoms with E-state index < -0.39 is 0 Å². The second kappa shape index (κ2) is 7.77. The van der Waals surface area contributed by atoms with Crippen LogP contribution in [0.5, 0.6) is 0 Å². The first-order valence-electron chi connectivity index (χ1n) is 5.67. The predicted molar refractivity (Wildman–Crippen MR) is 67.2 cm³/mol. The molecule has 15 heavy (non-hydrogen) atoms. The van der Waals surface area contributed by atoms with Gasteiger partial charge in [0.15, 0.2) is 0 Å². The minimum absolute atomic E-state index is 0.879. The lowest BCUT2D eigenvalue weighted by molar-refractivity contribution is 0.601. The number of nitrogens with zero attached hydrogens (tertiary/aromatic N) is 2. The van der Waals surface area contributed by atoms with Crippen LogP contribution < -0.4 is 5.32 Å². The molecule has 0 atom stereocenters. The molecule has 1 aromatic heterocycles. The van der Waals surface area contributed by atoms with Crippen molar-refractivity contribution in [3.05, 3.63) is 18.2 Å². The van der Waals surface area contributed by atoms with Gasteiger partial charge in [0.05, 0.1) is 6.54 Å². The Hall–Kier alpha value is -0.480. The largest absolute Gasteiger partial charge is 0.334 e. The summed E-state index contributed by atoms with van der Waals surface area (Å²) in [5, 5.41) is 3.30. The molecule has 0 saturated heterocycles. The van der Waals surface area contributed by atoms with Crippen molar-refractivity contribution in [1.29, 1.82) is 0 Å². The molecule has 86 valence electrons. The first-order chi connectivity index (χ1) is 7.38. The Morgan fingerprint density at radius 3 is 3.07 bits per heavy atom. The van der Waals surface area contributed by atoms with Crippen LogP contribution in [0, 0.1) is 0 Å². The van der Waals surface area contributed by atoms with Gasteiger partial charge >= 0.3 is 0 Å². The molecule has 0 aromatic carbocycles. The zero-order valence-electron chi connectivity index (χ0n) is 9.70. The van der Waals surface area contributed by atoms with Crippen molar-refractivity contribution in [2.24, 2.45) is 0 Å². The predicted octanol–water partition coefficient (Wildman–Crippen LogP) is 2.14. The van der Waals surface area contributed by atoms with E-state index in [9.17, 15) is 0 Å². The molecule has 1 aromatic rings. The van der Waals surface area contributed by atoms with Crippen molar-refractivity contribution in [2.75, 3.05) is 18.1 Å². The Morgan fingerprint density at radius 1 is 1.47 bits per heavy atom. The molecule has 0 spiro atoms. The summed E-state index contributed by atoms with van der Waals surface area (Å²) in [7, 11) is 0. The molecule has 1 rings (SSSR count). The number of thioether (sulfide) groups is 1. The number of rotatable bonds is 8. The van der Waals surface area contributed by atoms with Crippen LogP contribution in [-0.2, 0) is 13.1 Å². The van der Waals surface area contributed by atoms with E-state index in [-0.39, 0.29) is 0 Å². The maximum atomic E-state index is 4.35. The number of imidazole rings is 1. The summed E-state index contributed by atoms with van der Waals surface area (Å²) < 4.78 is 2.25. The van der Waals surface area contributed by atoms with Crippen molar-refractivity contribution < 1.29 is 0 Å². The molecule has 1 N–H and O–H groups in total. The van der Waals surface area contributed by atoms with E-state index in [0.717, 1.165) is 25.5 Å². The highest BCUT2D eigenvalue weighted by atomic mass is 32.2. The highest BCUT2D eigenvalue weighted by Crippen LogP contribution is 2.04. The topological polar surface area (TPSA) is 29.9 Å². The summed E-state index contributed by atoms with van der Waals surface area (Å²) in [6, 6.07) is 0. The molecule has 0 fully saturated rings. The van der Waals surface area contributed by atoms with Gasteiger partial charge in [-0.15, -0.1) is 0 Å². The van der Waals surface area contributed by atoms with Gasteiger partial charge in [0, 0.05) is 18.9 Å². The Kier molecular flexibility index (Phi) is 6.52. The molecule has 0 radical (unpaired) electrons. The summed E-state index contributed by atoms with van der Waals surface area (Å²) in [5.41, 5.74) is 0.